The smallest absolute Gasteiger partial charge is 0.256 e. The number of rotatable bonds is 2. The molecule has 0 aliphatic heterocycles. The summed E-state index contributed by atoms with van der Waals surface area (Å²) < 4.78 is 33.7. The van der Waals surface area contributed by atoms with E-state index in [2.05, 4.69) is 0 Å². The molecule has 0 bridgehead atoms. The Morgan fingerprint density at radius 1 is 1.62 bits per heavy atom. The van der Waals surface area contributed by atoms with Gasteiger partial charge in [-0.25, -0.2) is 8.78 Å². The van der Waals surface area contributed by atoms with Crippen molar-refractivity contribution < 1.29 is 13.0 Å². The maximum atomic E-state index is 11.8. The summed E-state index contributed by atoms with van der Waals surface area (Å²) in [5, 5.41) is 0. The summed E-state index contributed by atoms with van der Waals surface area (Å²) in [5.74, 6) is -3.31. The lowest BCUT2D eigenvalue weighted by molar-refractivity contribution is 0.0484. The van der Waals surface area contributed by atoms with Gasteiger partial charge in [0.25, 0.3) is 5.92 Å². The third-order valence-electron chi connectivity index (χ3n) is 0.457. The van der Waals surface area contributed by atoms with Crippen LogP contribution < -0.4 is 0 Å². The van der Waals surface area contributed by atoms with Gasteiger partial charge in [-0.1, -0.05) is 0 Å². The fourth-order valence-corrected chi connectivity index (χ4v) is 1.07. The van der Waals surface area contributed by atoms with Crippen LogP contribution in [0.3, 0.4) is 0 Å². The average molecular weight is 142 g/mol. The highest BCUT2D eigenvalue weighted by molar-refractivity contribution is 7.84. The van der Waals surface area contributed by atoms with E-state index in [1.54, 1.807) is 0 Å². The molecule has 0 saturated carbocycles. The summed E-state index contributed by atoms with van der Waals surface area (Å²) >= 11 is 0. The van der Waals surface area contributed by atoms with E-state index in [0.717, 1.165) is 6.92 Å². The first-order chi connectivity index (χ1) is 3.42. The van der Waals surface area contributed by atoms with Crippen LogP contribution in [0.5, 0.6) is 0 Å². The highest BCUT2D eigenvalue weighted by Gasteiger charge is 2.22. The van der Waals surface area contributed by atoms with Gasteiger partial charge in [-0.2, -0.15) is 0 Å². The van der Waals surface area contributed by atoms with Crippen molar-refractivity contribution in [2.24, 2.45) is 0 Å². The van der Waals surface area contributed by atoms with Gasteiger partial charge < -0.3 is 0 Å². The molecule has 0 amide bonds. The van der Waals surface area contributed by atoms with Crippen LogP contribution in [0.25, 0.3) is 0 Å². The summed E-state index contributed by atoms with van der Waals surface area (Å²) in [6.07, 6.45) is 1.26. The molecule has 1 atom stereocenters. The lowest BCUT2D eigenvalue weighted by atomic mass is 10.5. The molecule has 0 fully saturated rings. The largest absolute Gasteiger partial charge is 0.260 e. The van der Waals surface area contributed by atoms with E-state index >= 15 is 0 Å². The summed E-state index contributed by atoms with van der Waals surface area (Å²) in [4.78, 5) is 0. The van der Waals surface area contributed by atoms with Crippen LogP contribution in [0.15, 0.2) is 0 Å². The first-order valence-corrected chi connectivity index (χ1v) is 3.82. The van der Waals surface area contributed by atoms with Gasteiger partial charge in [0.15, 0.2) is 0 Å². The van der Waals surface area contributed by atoms with Crippen LogP contribution in [-0.2, 0) is 10.8 Å². The van der Waals surface area contributed by atoms with E-state index in [0.29, 0.717) is 0 Å². The summed E-state index contributed by atoms with van der Waals surface area (Å²) in [6, 6.07) is 0. The Labute approximate surface area is 49.5 Å². The molecule has 0 spiro atoms. The lowest BCUT2D eigenvalue weighted by Crippen LogP contribution is -2.19. The lowest BCUT2D eigenvalue weighted by Gasteiger charge is -2.05. The standard InChI is InChI=1S/C4H8F2OS/c1-4(5,6)3-8(2)7/h3H2,1-2H3. The fraction of sp³-hybridized carbons (Fsp3) is 1.00. The second kappa shape index (κ2) is 2.53. The SMILES string of the molecule is CS(=O)CC(C)(F)F. The van der Waals surface area contributed by atoms with Crippen LogP contribution in [-0.4, -0.2) is 22.1 Å². The van der Waals surface area contributed by atoms with Crippen molar-refractivity contribution in [1.29, 1.82) is 0 Å². The maximum Gasteiger partial charge on any atom is 0.256 e. The van der Waals surface area contributed by atoms with Crippen molar-refractivity contribution in [3.05, 3.63) is 0 Å². The Kier molecular flexibility index (Phi) is 2.53. The zero-order valence-electron chi connectivity index (χ0n) is 4.78. The molecule has 4 heteroatoms. The van der Waals surface area contributed by atoms with E-state index in [-0.39, 0.29) is 0 Å². The van der Waals surface area contributed by atoms with Crippen LogP contribution in [0.2, 0.25) is 0 Å². The van der Waals surface area contributed by atoms with Gasteiger partial charge >= 0.3 is 0 Å². The zero-order valence-corrected chi connectivity index (χ0v) is 5.60. The van der Waals surface area contributed by atoms with E-state index in [9.17, 15) is 13.0 Å². The molecule has 0 heterocycles. The topological polar surface area (TPSA) is 17.1 Å². The molecule has 0 aromatic heterocycles. The number of alkyl halides is 2. The maximum absolute atomic E-state index is 11.8. The predicted molar refractivity (Wildman–Crippen MR) is 29.6 cm³/mol. The summed E-state index contributed by atoms with van der Waals surface area (Å²) in [6.45, 7) is 0.758. The Morgan fingerprint density at radius 2 is 2.00 bits per heavy atom. The minimum Gasteiger partial charge on any atom is -0.260 e. The molecule has 0 aliphatic rings. The number of hydrogen-bond acceptors (Lipinski definition) is 1. The predicted octanol–water partition coefficient (Wildman–Crippen LogP) is 1.02. The van der Waals surface area contributed by atoms with Crippen molar-refractivity contribution >= 4 is 10.8 Å². The molecule has 0 N–H and O–H groups in total. The van der Waals surface area contributed by atoms with Crippen molar-refractivity contribution in [1.82, 2.24) is 0 Å². The second-order valence-electron chi connectivity index (χ2n) is 1.79. The highest BCUT2D eigenvalue weighted by atomic mass is 32.2. The van der Waals surface area contributed by atoms with E-state index in [1.807, 2.05) is 0 Å². The van der Waals surface area contributed by atoms with Crippen LogP contribution in [0.4, 0.5) is 8.78 Å². The Hall–Kier alpha value is 0.01000. The highest BCUT2D eigenvalue weighted by Crippen LogP contribution is 2.11. The third-order valence-corrected chi connectivity index (χ3v) is 1.37. The van der Waals surface area contributed by atoms with Gasteiger partial charge in [-0.05, 0) is 0 Å². The average Bonchev–Trinajstić information content (AvgIpc) is 1.21. The first kappa shape index (κ1) is 8.01. The van der Waals surface area contributed by atoms with Gasteiger partial charge in [-0.3, -0.25) is 4.21 Å². The van der Waals surface area contributed by atoms with Gasteiger partial charge in [0.1, 0.15) is 0 Å². The van der Waals surface area contributed by atoms with Gasteiger partial charge in [0.05, 0.1) is 5.75 Å². The quantitative estimate of drug-likeness (QED) is 0.562. The molecule has 1 unspecified atom stereocenters. The first-order valence-electron chi connectivity index (χ1n) is 2.10. The second-order valence-corrected chi connectivity index (χ2v) is 3.22. The Balaban J connectivity index is 3.55. The van der Waals surface area contributed by atoms with Crippen molar-refractivity contribution in [2.75, 3.05) is 12.0 Å². The van der Waals surface area contributed by atoms with Crippen molar-refractivity contribution in [2.45, 2.75) is 12.8 Å². The molecule has 50 valence electrons. The molecule has 0 saturated heterocycles. The van der Waals surface area contributed by atoms with E-state index < -0.39 is 22.5 Å². The van der Waals surface area contributed by atoms with Gasteiger partial charge in [0, 0.05) is 24.0 Å². The molecular weight excluding hydrogens is 134 g/mol. The molecule has 0 aliphatic carbocycles. The normalized spacial score (nSPS) is 16.0. The Morgan fingerprint density at radius 3 is 2.00 bits per heavy atom. The molecule has 8 heavy (non-hydrogen) atoms. The minimum absolute atomic E-state index is 0.535. The van der Waals surface area contributed by atoms with Crippen molar-refractivity contribution in [3.63, 3.8) is 0 Å². The van der Waals surface area contributed by atoms with Gasteiger partial charge in [-0.15, -0.1) is 0 Å². The van der Waals surface area contributed by atoms with Crippen LogP contribution >= 0.6 is 0 Å². The van der Waals surface area contributed by atoms with Gasteiger partial charge in [0.2, 0.25) is 0 Å². The Bertz CT molecular complexity index is 96.7. The van der Waals surface area contributed by atoms with Crippen LogP contribution in [0, 0.1) is 0 Å². The summed E-state index contributed by atoms with van der Waals surface area (Å²) in [5.41, 5.74) is 0. The molecule has 0 aromatic rings. The fourth-order valence-electron chi connectivity index (χ4n) is 0.357. The number of halogens is 2. The monoisotopic (exact) mass is 142 g/mol. The molecule has 0 radical (unpaired) electrons. The minimum atomic E-state index is -2.78. The third kappa shape index (κ3) is 6.01. The number of hydrogen-bond donors (Lipinski definition) is 0. The molecular formula is C4H8F2OS. The molecule has 0 aromatic carbocycles. The summed E-state index contributed by atoms with van der Waals surface area (Å²) in [7, 11) is -1.39. The van der Waals surface area contributed by atoms with E-state index in [4.69, 9.17) is 0 Å². The molecule has 1 nitrogen and oxygen atoms in total. The van der Waals surface area contributed by atoms with E-state index in [1.165, 1.54) is 6.26 Å². The zero-order chi connectivity index (χ0) is 6.78. The van der Waals surface area contributed by atoms with Crippen LogP contribution in [0.1, 0.15) is 6.92 Å². The molecule has 0 rings (SSSR count). The van der Waals surface area contributed by atoms with Crippen molar-refractivity contribution in [3.8, 4) is 0 Å².